The van der Waals surface area contributed by atoms with Gasteiger partial charge in [-0.3, -0.25) is 0 Å². The Bertz CT molecular complexity index is 381. The van der Waals surface area contributed by atoms with Crippen molar-refractivity contribution in [1.82, 2.24) is 10.2 Å². The maximum absolute atomic E-state index is 11.5. The minimum Gasteiger partial charge on any atom is -0.445 e. The first-order chi connectivity index (χ1) is 8.79. The molecule has 1 N–H and O–H groups in total. The summed E-state index contributed by atoms with van der Waals surface area (Å²) >= 11 is 0. The van der Waals surface area contributed by atoms with E-state index < -0.39 is 0 Å². The predicted molar refractivity (Wildman–Crippen MR) is 70.3 cm³/mol. The number of nitrogens with one attached hydrogen (secondary N) is 1. The molecule has 1 aromatic rings. The summed E-state index contributed by atoms with van der Waals surface area (Å²) in [6, 6.07) is 10.2. The molecule has 0 spiro atoms. The van der Waals surface area contributed by atoms with E-state index in [4.69, 9.17) is 4.74 Å². The van der Waals surface area contributed by atoms with Gasteiger partial charge in [0.2, 0.25) is 0 Å². The zero-order chi connectivity index (χ0) is 12.8. The van der Waals surface area contributed by atoms with E-state index in [-0.39, 0.29) is 12.2 Å². The minimum absolute atomic E-state index is 0.00372. The molecule has 1 heterocycles. The van der Waals surface area contributed by atoms with Crippen molar-refractivity contribution >= 4 is 6.09 Å². The monoisotopic (exact) mass is 248 g/mol. The van der Waals surface area contributed by atoms with Gasteiger partial charge >= 0.3 is 6.09 Å². The van der Waals surface area contributed by atoms with Crippen LogP contribution in [0.2, 0.25) is 0 Å². The van der Waals surface area contributed by atoms with E-state index in [1.54, 1.807) is 4.90 Å². The summed E-state index contributed by atoms with van der Waals surface area (Å²) in [6.07, 6.45) is 0.723. The van der Waals surface area contributed by atoms with Crippen LogP contribution in [-0.2, 0) is 11.3 Å². The smallest absolute Gasteiger partial charge is 0.410 e. The first-order valence-corrected chi connectivity index (χ1v) is 6.49. The lowest BCUT2D eigenvalue weighted by atomic mass is 10.2. The number of rotatable bonds is 5. The quantitative estimate of drug-likeness (QED) is 0.866. The first-order valence-electron chi connectivity index (χ1n) is 6.49. The Kier molecular flexibility index (Phi) is 4.59. The van der Waals surface area contributed by atoms with Crippen LogP contribution in [0.5, 0.6) is 0 Å². The highest BCUT2D eigenvalue weighted by Crippen LogP contribution is 2.11. The van der Waals surface area contributed by atoms with Crippen molar-refractivity contribution in [3.05, 3.63) is 35.9 Å². The highest BCUT2D eigenvalue weighted by atomic mass is 16.6. The maximum atomic E-state index is 11.5. The fraction of sp³-hybridized carbons (Fsp3) is 0.500. The number of ether oxygens (including phenoxy) is 1. The van der Waals surface area contributed by atoms with Crippen molar-refractivity contribution in [1.29, 1.82) is 0 Å². The molecule has 1 saturated heterocycles. The van der Waals surface area contributed by atoms with Gasteiger partial charge in [0.15, 0.2) is 0 Å². The van der Waals surface area contributed by atoms with Crippen LogP contribution < -0.4 is 5.32 Å². The molecule has 4 heteroatoms. The van der Waals surface area contributed by atoms with Crippen LogP contribution in [-0.4, -0.2) is 36.7 Å². The fourth-order valence-corrected chi connectivity index (χ4v) is 2.07. The van der Waals surface area contributed by atoms with Crippen molar-refractivity contribution in [3.8, 4) is 0 Å². The lowest BCUT2D eigenvalue weighted by molar-refractivity contribution is 0.0270. The maximum Gasteiger partial charge on any atom is 0.410 e. The van der Waals surface area contributed by atoms with Crippen molar-refractivity contribution in [2.75, 3.05) is 19.6 Å². The van der Waals surface area contributed by atoms with Gasteiger partial charge in [-0.25, -0.2) is 4.79 Å². The SMILES string of the molecule is CCN1CC[C@@H](CNCc2ccccc2)OC1=O. The second kappa shape index (κ2) is 6.40. The van der Waals surface area contributed by atoms with Gasteiger partial charge in [0.1, 0.15) is 6.10 Å². The lowest BCUT2D eigenvalue weighted by Crippen LogP contribution is -2.45. The molecule has 1 atom stereocenters. The standard InChI is InChI=1S/C14H20N2O2/c1-2-16-9-8-13(18-14(16)17)11-15-10-12-6-4-3-5-7-12/h3-7,13,15H,2,8-11H2,1H3/t13-/m0/s1. The van der Waals surface area contributed by atoms with Gasteiger partial charge in [0, 0.05) is 32.6 Å². The van der Waals surface area contributed by atoms with Gasteiger partial charge in [-0.15, -0.1) is 0 Å². The Morgan fingerprint density at radius 1 is 1.39 bits per heavy atom. The van der Waals surface area contributed by atoms with Crippen LogP contribution in [0.25, 0.3) is 0 Å². The van der Waals surface area contributed by atoms with Gasteiger partial charge in [0.25, 0.3) is 0 Å². The normalized spacial score (nSPS) is 19.7. The average Bonchev–Trinajstić information content (AvgIpc) is 2.40. The largest absolute Gasteiger partial charge is 0.445 e. The number of amides is 1. The topological polar surface area (TPSA) is 41.6 Å². The Labute approximate surface area is 108 Å². The van der Waals surface area contributed by atoms with Gasteiger partial charge in [-0.2, -0.15) is 0 Å². The Morgan fingerprint density at radius 2 is 2.17 bits per heavy atom. The third-order valence-corrected chi connectivity index (χ3v) is 3.17. The number of carbonyl (C=O) groups is 1. The molecule has 0 radical (unpaired) electrons. The molecule has 1 aromatic carbocycles. The van der Waals surface area contributed by atoms with E-state index in [9.17, 15) is 4.79 Å². The molecule has 1 aliphatic rings. The fourth-order valence-electron chi connectivity index (χ4n) is 2.07. The van der Waals surface area contributed by atoms with Gasteiger partial charge < -0.3 is 15.0 Å². The number of hydrogen-bond donors (Lipinski definition) is 1. The molecule has 18 heavy (non-hydrogen) atoms. The second-order valence-corrected chi connectivity index (χ2v) is 4.49. The molecular formula is C14H20N2O2. The Balaban J connectivity index is 1.70. The van der Waals surface area contributed by atoms with Crippen molar-refractivity contribution in [2.45, 2.75) is 26.0 Å². The van der Waals surface area contributed by atoms with Gasteiger partial charge in [-0.1, -0.05) is 30.3 Å². The van der Waals surface area contributed by atoms with Crippen LogP contribution in [0.4, 0.5) is 4.79 Å². The summed E-state index contributed by atoms with van der Waals surface area (Å²) in [5, 5.41) is 3.33. The van der Waals surface area contributed by atoms with E-state index in [0.717, 1.165) is 32.6 Å². The molecule has 1 amide bonds. The molecule has 0 saturated carbocycles. The number of hydrogen-bond acceptors (Lipinski definition) is 3. The number of carbonyl (C=O) groups excluding carboxylic acids is 1. The van der Waals surface area contributed by atoms with Crippen LogP contribution in [0.15, 0.2) is 30.3 Å². The highest BCUT2D eigenvalue weighted by Gasteiger charge is 2.25. The average molecular weight is 248 g/mol. The van der Waals surface area contributed by atoms with E-state index in [1.807, 2.05) is 25.1 Å². The van der Waals surface area contributed by atoms with Crippen LogP contribution in [0.1, 0.15) is 18.9 Å². The first kappa shape index (κ1) is 12.9. The molecule has 0 aliphatic carbocycles. The highest BCUT2D eigenvalue weighted by molar-refractivity contribution is 5.68. The van der Waals surface area contributed by atoms with Gasteiger partial charge in [-0.05, 0) is 12.5 Å². The summed E-state index contributed by atoms with van der Waals surface area (Å²) in [5.41, 5.74) is 1.25. The Morgan fingerprint density at radius 3 is 2.83 bits per heavy atom. The third kappa shape index (κ3) is 3.47. The molecule has 0 bridgehead atoms. The summed E-state index contributed by atoms with van der Waals surface area (Å²) in [7, 11) is 0. The molecular weight excluding hydrogens is 228 g/mol. The van der Waals surface area contributed by atoms with E-state index in [0.29, 0.717) is 0 Å². The van der Waals surface area contributed by atoms with Crippen molar-refractivity contribution in [3.63, 3.8) is 0 Å². The second-order valence-electron chi connectivity index (χ2n) is 4.49. The van der Waals surface area contributed by atoms with Crippen LogP contribution in [0, 0.1) is 0 Å². The molecule has 98 valence electrons. The summed E-state index contributed by atoms with van der Waals surface area (Å²) in [5.74, 6) is 0. The Hall–Kier alpha value is -1.55. The van der Waals surface area contributed by atoms with Crippen molar-refractivity contribution < 1.29 is 9.53 Å². The lowest BCUT2D eigenvalue weighted by Gasteiger charge is -2.31. The van der Waals surface area contributed by atoms with Crippen LogP contribution >= 0.6 is 0 Å². The number of cyclic esters (lactones) is 1. The zero-order valence-electron chi connectivity index (χ0n) is 10.8. The molecule has 2 rings (SSSR count). The van der Waals surface area contributed by atoms with E-state index >= 15 is 0 Å². The molecule has 4 nitrogen and oxygen atoms in total. The van der Waals surface area contributed by atoms with Gasteiger partial charge in [0.05, 0.1) is 0 Å². The van der Waals surface area contributed by atoms with E-state index in [1.165, 1.54) is 5.56 Å². The molecule has 1 fully saturated rings. The summed E-state index contributed by atoms with van der Waals surface area (Å²) < 4.78 is 5.35. The molecule has 0 aromatic heterocycles. The third-order valence-electron chi connectivity index (χ3n) is 3.17. The summed E-state index contributed by atoms with van der Waals surface area (Å²) in [4.78, 5) is 13.3. The van der Waals surface area contributed by atoms with Crippen LogP contribution in [0.3, 0.4) is 0 Å². The molecule has 1 aliphatic heterocycles. The molecule has 0 unspecified atom stereocenters. The minimum atomic E-state index is -0.185. The predicted octanol–water partition coefficient (Wildman–Crippen LogP) is 2.01. The van der Waals surface area contributed by atoms with E-state index in [2.05, 4.69) is 17.4 Å². The number of nitrogens with zero attached hydrogens (tertiary/aromatic N) is 1. The number of benzene rings is 1. The van der Waals surface area contributed by atoms with Crippen molar-refractivity contribution in [2.24, 2.45) is 0 Å². The zero-order valence-corrected chi connectivity index (χ0v) is 10.8. The summed E-state index contributed by atoms with van der Waals surface area (Å²) in [6.45, 7) is 5.02.